The second-order valence-electron chi connectivity index (χ2n) is 7.60. The second-order valence-corrected chi connectivity index (χ2v) is 7.60. The van der Waals surface area contributed by atoms with Crippen LogP contribution in [0.25, 0.3) is 0 Å². The molecule has 0 aromatic heterocycles. The Bertz CT molecular complexity index is 597. The van der Waals surface area contributed by atoms with Crippen LogP contribution in [0.2, 0.25) is 0 Å². The molecule has 0 radical (unpaired) electrons. The summed E-state index contributed by atoms with van der Waals surface area (Å²) in [5, 5.41) is 3.19. The lowest BCUT2D eigenvalue weighted by Gasteiger charge is -2.32. The molecule has 2 amide bonds. The first-order valence-corrected chi connectivity index (χ1v) is 10.00. The van der Waals surface area contributed by atoms with E-state index in [0.717, 1.165) is 38.9 Å². The quantitative estimate of drug-likeness (QED) is 0.813. The lowest BCUT2D eigenvalue weighted by molar-refractivity contribution is -0.129. The van der Waals surface area contributed by atoms with Crippen molar-refractivity contribution in [3.8, 4) is 0 Å². The van der Waals surface area contributed by atoms with Crippen LogP contribution in [-0.2, 0) is 16.0 Å². The topological polar surface area (TPSA) is 52.7 Å². The first kappa shape index (κ1) is 18.9. The molecule has 3 rings (SSSR count). The summed E-state index contributed by atoms with van der Waals surface area (Å²) in [7, 11) is 0. The molecule has 142 valence electrons. The molecule has 0 aliphatic carbocycles. The van der Waals surface area contributed by atoms with Gasteiger partial charge in [-0.25, -0.2) is 0 Å². The zero-order chi connectivity index (χ0) is 18.4. The highest BCUT2D eigenvalue weighted by molar-refractivity contribution is 5.89. The number of carbonyl (C=O) groups excluding carboxylic acids is 2. The number of nitrogens with zero attached hydrogens (tertiary/aromatic N) is 2. The SMILES string of the molecule is CCCN1CCC(NC(=O)C2CC(=O)N(CCc3ccccc3)C2)CC1. The van der Waals surface area contributed by atoms with Crippen molar-refractivity contribution in [3.63, 3.8) is 0 Å². The van der Waals surface area contributed by atoms with E-state index in [1.54, 1.807) is 0 Å². The van der Waals surface area contributed by atoms with Gasteiger partial charge in [-0.2, -0.15) is 0 Å². The largest absolute Gasteiger partial charge is 0.353 e. The van der Waals surface area contributed by atoms with Crippen molar-refractivity contribution in [2.24, 2.45) is 5.92 Å². The fourth-order valence-electron chi connectivity index (χ4n) is 4.01. The molecule has 2 aliphatic rings. The van der Waals surface area contributed by atoms with Gasteiger partial charge >= 0.3 is 0 Å². The molecule has 26 heavy (non-hydrogen) atoms. The zero-order valence-corrected chi connectivity index (χ0v) is 15.8. The van der Waals surface area contributed by atoms with Crippen LogP contribution in [-0.4, -0.2) is 60.4 Å². The van der Waals surface area contributed by atoms with Gasteiger partial charge in [-0.15, -0.1) is 0 Å². The monoisotopic (exact) mass is 357 g/mol. The molecule has 0 saturated carbocycles. The van der Waals surface area contributed by atoms with E-state index in [-0.39, 0.29) is 23.8 Å². The van der Waals surface area contributed by atoms with Crippen LogP contribution < -0.4 is 5.32 Å². The van der Waals surface area contributed by atoms with Gasteiger partial charge in [0.25, 0.3) is 0 Å². The molecule has 5 heteroatoms. The van der Waals surface area contributed by atoms with Gasteiger partial charge in [-0.05, 0) is 37.8 Å². The van der Waals surface area contributed by atoms with Gasteiger partial charge in [0, 0.05) is 38.6 Å². The molecule has 5 nitrogen and oxygen atoms in total. The minimum absolute atomic E-state index is 0.0644. The van der Waals surface area contributed by atoms with Crippen molar-refractivity contribution in [3.05, 3.63) is 35.9 Å². The smallest absolute Gasteiger partial charge is 0.225 e. The summed E-state index contributed by atoms with van der Waals surface area (Å²) >= 11 is 0. The van der Waals surface area contributed by atoms with Crippen molar-refractivity contribution in [2.45, 2.75) is 45.1 Å². The molecule has 2 fully saturated rings. The van der Waals surface area contributed by atoms with Gasteiger partial charge in [-0.1, -0.05) is 37.3 Å². The Morgan fingerprint density at radius 1 is 1.15 bits per heavy atom. The molecule has 1 atom stereocenters. The maximum absolute atomic E-state index is 12.6. The van der Waals surface area contributed by atoms with Crippen LogP contribution in [0.1, 0.15) is 38.2 Å². The third-order valence-corrected chi connectivity index (χ3v) is 5.57. The lowest BCUT2D eigenvalue weighted by Crippen LogP contribution is -2.46. The van der Waals surface area contributed by atoms with Crippen LogP contribution >= 0.6 is 0 Å². The molecule has 2 saturated heterocycles. The molecule has 1 aromatic carbocycles. The number of hydrogen-bond acceptors (Lipinski definition) is 3. The first-order chi connectivity index (χ1) is 12.7. The molecule has 2 heterocycles. The molecule has 0 bridgehead atoms. The summed E-state index contributed by atoms with van der Waals surface area (Å²) in [5.41, 5.74) is 1.23. The van der Waals surface area contributed by atoms with Crippen LogP contribution in [0.15, 0.2) is 30.3 Å². The average molecular weight is 357 g/mol. The third kappa shape index (κ3) is 5.07. The number of carbonyl (C=O) groups is 2. The maximum Gasteiger partial charge on any atom is 0.225 e. The maximum atomic E-state index is 12.6. The highest BCUT2D eigenvalue weighted by Crippen LogP contribution is 2.20. The number of benzene rings is 1. The number of likely N-dealkylation sites (tertiary alicyclic amines) is 2. The predicted octanol–water partition coefficient (Wildman–Crippen LogP) is 2.07. The number of nitrogens with one attached hydrogen (secondary N) is 1. The summed E-state index contributed by atoms with van der Waals surface area (Å²) < 4.78 is 0. The van der Waals surface area contributed by atoms with Gasteiger partial charge in [0.15, 0.2) is 0 Å². The normalized spacial score (nSPS) is 22.0. The number of rotatable bonds is 7. The Kier molecular flexibility index (Phi) is 6.67. The van der Waals surface area contributed by atoms with Gasteiger partial charge in [0.2, 0.25) is 11.8 Å². The van der Waals surface area contributed by atoms with Gasteiger partial charge in [-0.3, -0.25) is 9.59 Å². The first-order valence-electron chi connectivity index (χ1n) is 10.00. The highest BCUT2D eigenvalue weighted by Gasteiger charge is 2.35. The average Bonchev–Trinajstić information content (AvgIpc) is 3.04. The van der Waals surface area contributed by atoms with E-state index < -0.39 is 0 Å². The Labute approximate surface area is 156 Å². The molecule has 0 spiro atoms. The van der Waals surface area contributed by atoms with E-state index in [4.69, 9.17) is 0 Å². The predicted molar refractivity (Wildman–Crippen MR) is 103 cm³/mol. The van der Waals surface area contributed by atoms with Crippen LogP contribution in [0.4, 0.5) is 0 Å². The van der Waals surface area contributed by atoms with Crippen LogP contribution in [0.3, 0.4) is 0 Å². The van der Waals surface area contributed by atoms with E-state index in [1.165, 1.54) is 12.0 Å². The molecule has 1 aromatic rings. The third-order valence-electron chi connectivity index (χ3n) is 5.57. The van der Waals surface area contributed by atoms with Crippen molar-refractivity contribution in [1.82, 2.24) is 15.1 Å². The fourth-order valence-corrected chi connectivity index (χ4v) is 4.01. The van der Waals surface area contributed by atoms with Gasteiger partial charge in [0.1, 0.15) is 0 Å². The number of amides is 2. The second kappa shape index (κ2) is 9.17. The van der Waals surface area contributed by atoms with Crippen molar-refractivity contribution in [2.75, 3.05) is 32.7 Å². The summed E-state index contributed by atoms with van der Waals surface area (Å²) in [5.74, 6) is -0.0136. The summed E-state index contributed by atoms with van der Waals surface area (Å²) in [6.07, 6.45) is 4.42. The van der Waals surface area contributed by atoms with Gasteiger partial charge < -0.3 is 15.1 Å². The van der Waals surface area contributed by atoms with E-state index in [1.807, 2.05) is 23.1 Å². The number of hydrogen-bond donors (Lipinski definition) is 1. The van der Waals surface area contributed by atoms with Gasteiger partial charge in [0.05, 0.1) is 5.92 Å². The van der Waals surface area contributed by atoms with E-state index in [0.29, 0.717) is 19.5 Å². The van der Waals surface area contributed by atoms with E-state index >= 15 is 0 Å². The Balaban J connectivity index is 1.42. The van der Waals surface area contributed by atoms with E-state index in [9.17, 15) is 9.59 Å². The summed E-state index contributed by atoms with van der Waals surface area (Å²) in [6, 6.07) is 10.5. The molecule has 1 unspecified atom stereocenters. The number of piperidine rings is 1. The van der Waals surface area contributed by atoms with Crippen molar-refractivity contribution < 1.29 is 9.59 Å². The van der Waals surface area contributed by atoms with E-state index in [2.05, 4.69) is 29.3 Å². The van der Waals surface area contributed by atoms with Crippen molar-refractivity contribution >= 4 is 11.8 Å². The highest BCUT2D eigenvalue weighted by atomic mass is 16.2. The Morgan fingerprint density at radius 2 is 1.88 bits per heavy atom. The molecule has 1 N–H and O–H groups in total. The minimum atomic E-state index is -0.188. The molecular formula is C21H31N3O2. The van der Waals surface area contributed by atoms with Crippen LogP contribution in [0.5, 0.6) is 0 Å². The summed E-state index contributed by atoms with van der Waals surface area (Å²) in [4.78, 5) is 29.2. The summed E-state index contributed by atoms with van der Waals surface area (Å²) in [6.45, 7) is 6.73. The Morgan fingerprint density at radius 3 is 2.58 bits per heavy atom. The standard InChI is InChI=1S/C21H31N3O2/c1-2-11-23-12-9-19(10-13-23)22-21(26)18-15-20(25)24(16-18)14-8-17-6-4-3-5-7-17/h3-7,18-19H,2,8-16H2,1H3,(H,22,26). The Hall–Kier alpha value is -1.88. The van der Waals surface area contributed by atoms with Crippen LogP contribution in [0, 0.1) is 5.92 Å². The van der Waals surface area contributed by atoms with Crippen molar-refractivity contribution in [1.29, 1.82) is 0 Å². The molecular weight excluding hydrogens is 326 g/mol. The lowest BCUT2D eigenvalue weighted by atomic mass is 10.0. The minimum Gasteiger partial charge on any atom is -0.353 e. The zero-order valence-electron chi connectivity index (χ0n) is 15.8. The fraction of sp³-hybridized carbons (Fsp3) is 0.619. The molecule has 2 aliphatic heterocycles.